The summed E-state index contributed by atoms with van der Waals surface area (Å²) in [7, 11) is 1.67. The van der Waals surface area contributed by atoms with Crippen LogP contribution in [0.2, 0.25) is 0 Å². The van der Waals surface area contributed by atoms with E-state index in [4.69, 9.17) is 9.47 Å². The Balaban J connectivity index is 2.79. The lowest BCUT2D eigenvalue weighted by Gasteiger charge is -2.14. The van der Waals surface area contributed by atoms with E-state index in [0.29, 0.717) is 0 Å². The van der Waals surface area contributed by atoms with Crippen molar-refractivity contribution in [3.05, 3.63) is 23.8 Å². The lowest BCUT2D eigenvalue weighted by Crippen LogP contribution is -2.12. The minimum atomic E-state index is 0.161. The molecule has 0 saturated heterocycles. The van der Waals surface area contributed by atoms with Crippen LogP contribution in [0.1, 0.15) is 26.3 Å². The minimum Gasteiger partial charge on any atom is -0.493 e. The van der Waals surface area contributed by atoms with Gasteiger partial charge in [0, 0.05) is 6.54 Å². The van der Waals surface area contributed by atoms with Gasteiger partial charge in [-0.05, 0) is 38.1 Å². The molecule has 0 aliphatic rings. The van der Waals surface area contributed by atoms with Crippen molar-refractivity contribution in [2.45, 2.75) is 33.4 Å². The maximum atomic E-state index is 5.65. The first-order valence-electron chi connectivity index (χ1n) is 5.71. The molecule has 0 aromatic heterocycles. The average molecular weight is 223 g/mol. The molecule has 16 heavy (non-hydrogen) atoms. The van der Waals surface area contributed by atoms with Gasteiger partial charge in [0.15, 0.2) is 11.5 Å². The van der Waals surface area contributed by atoms with Gasteiger partial charge in [0.05, 0.1) is 13.2 Å². The summed E-state index contributed by atoms with van der Waals surface area (Å²) in [6, 6.07) is 6.04. The van der Waals surface area contributed by atoms with E-state index in [1.54, 1.807) is 7.11 Å². The second kappa shape index (κ2) is 6.38. The molecule has 0 unspecified atom stereocenters. The normalized spacial score (nSPS) is 10.6. The van der Waals surface area contributed by atoms with Crippen LogP contribution in [0.4, 0.5) is 0 Å². The van der Waals surface area contributed by atoms with Crippen LogP contribution >= 0.6 is 0 Å². The van der Waals surface area contributed by atoms with Crippen LogP contribution in [0.15, 0.2) is 18.2 Å². The predicted octanol–water partition coefficient (Wildman–Crippen LogP) is 2.59. The first-order chi connectivity index (χ1) is 7.67. The fraction of sp³-hybridized carbons (Fsp3) is 0.538. The van der Waals surface area contributed by atoms with Crippen molar-refractivity contribution < 1.29 is 9.47 Å². The van der Waals surface area contributed by atoms with Crippen LogP contribution in [0, 0.1) is 0 Å². The van der Waals surface area contributed by atoms with Gasteiger partial charge >= 0.3 is 0 Å². The van der Waals surface area contributed by atoms with Gasteiger partial charge in [-0.15, -0.1) is 0 Å². The van der Waals surface area contributed by atoms with Gasteiger partial charge in [-0.2, -0.15) is 0 Å². The molecule has 90 valence electrons. The van der Waals surface area contributed by atoms with E-state index in [-0.39, 0.29) is 6.10 Å². The third-order valence-corrected chi connectivity index (χ3v) is 2.17. The van der Waals surface area contributed by atoms with Crippen molar-refractivity contribution in [1.29, 1.82) is 0 Å². The van der Waals surface area contributed by atoms with Crippen molar-refractivity contribution in [2.24, 2.45) is 0 Å². The number of nitrogens with one attached hydrogen (secondary N) is 1. The summed E-state index contributed by atoms with van der Waals surface area (Å²) in [5, 5.41) is 3.28. The monoisotopic (exact) mass is 223 g/mol. The van der Waals surface area contributed by atoms with Crippen LogP contribution in [0.25, 0.3) is 0 Å². The fourth-order valence-electron chi connectivity index (χ4n) is 1.44. The maximum Gasteiger partial charge on any atom is 0.161 e. The van der Waals surface area contributed by atoms with Gasteiger partial charge in [0.25, 0.3) is 0 Å². The quantitative estimate of drug-likeness (QED) is 0.804. The number of hydrogen-bond acceptors (Lipinski definition) is 3. The smallest absolute Gasteiger partial charge is 0.161 e. The van der Waals surface area contributed by atoms with Crippen LogP contribution in [0.3, 0.4) is 0 Å². The minimum absolute atomic E-state index is 0.161. The Morgan fingerprint density at radius 2 is 2.00 bits per heavy atom. The van der Waals surface area contributed by atoms with E-state index >= 15 is 0 Å². The standard InChI is InChI=1S/C13H21NO2/c1-5-14-9-11-6-7-12(16-10(2)3)13(8-11)15-4/h6-8,10,14H,5,9H2,1-4H3. The lowest BCUT2D eigenvalue weighted by atomic mass is 10.2. The Bertz CT molecular complexity index is 324. The second-order valence-electron chi connectivity index (χ2n) is 3.93. The molecule has 0 saturated carbocycles. The molecule has 0 atom stereocenters. The predicted molar refractivity (Wildman–Crippen MR) is 66.1 cm³/mol. The van der Waals surface area contributed by atoms with Crippen LogP contribution < -0.4 is 14.8 Å². The summed E-state index contributed by atoms with van der Waals surface area (Å²) in [5.74, 6) is 1.60. The fourth-order valence-corrected chi connectivity index (χ4v) is 1.44. The first kappa shape index (κ1) is 12.8. The van der Waals surface area contributed by atoms with Crippen molar-refractivity contribution in [1.82, 2.24) is 5.32 Å². The molecule has 3 heteroatoms. The number of methoxy groups -OCH3 is 1. The Morgan fingerprint density at radius 1 is 1.25 bits per heavy atom. The second-order valence-corrected chi connectivity index (χ2v) is 3.93. The molecule has 1 aromatic rings. The molecular weight excluding hydrogens is 202 g/mol. The molecule has 3 nitrogen and oxygen atoms in total. The highest BCUT2D eigenvalue weighted by Crippen LogP contribution is 2.28. The zero-order valence-electron chi connectivity index (χ0n) is 10.5. The van der Waals surface area contributed by atoms with Gasteiger partial charge in [-0.3, -0.25) is 0 Å². The largest absolute Gasteiger partial charge is 0.493 e. The van der Waals surface area contributed by atoms with Crippen LogP contribution in [-0.4, -0.2) is 19.8 Å². The summed E-state index contributed by atoms with van der Waals surface area (Å²) in [4.78, 5) is 0. The molecule has 0 radical (unpaired) electrons. The van der Waals surface area contributed by atoms with Gasteiger partial charge in [-0.25, -0.2) is 0 Å². The number of benzene rings is 1. The summed E-state index contributed by atoms with van der Waals surface area (Å²) in [5.41, 5.74) is 1.20. The molecule has 0 aliphatic carbocycles. The van der Waals surface area contributed by atoms with E-state index in [1.165, 1.54) is 5.56 Å². The van der Waals surface area contributed by atoms with Gasteiger partial charge in [0.1, 0.15) is 0 Å². The van der Waals surface area contributed by atoms with E-state index in [1.807, 2.05) is 26.0 Å². The summed E-state index contributed by atoms with van der Waals surface area (Å²) >= 11 is 0. The lowest BCUT2D eigenvalue weighted by molar-refractivity contribution is 0.230. The topological polar surface area (TPSA) is 30.5 Å². The molecule has 0 spiro atoms. The van der Waals surface area contributed by atoms with E-state index in [9.17, 15) is 0 Å². The Kier molecular flexibility index (Phi) is 5.12. The highest BCUT2D eigenvalue weighted by molar-refractivity contribution is 5.43. The molecule has 0 aliphatic heterocycles. The number of hydrogen-bond donors (Lipinski definition) is 1. The highest BCUT2D eigenvalue weighted by atomic mass is 16.5. The van der Waals surface area contributed by atoms with E-state index in [2.05, 4.69) is 18.3 Å². The molecule has 0 heterocycles. The Labute approximate surface area is 97.8 Å². The van der Waals surface area contributed by atoms with Crippen LogP contribution in [0.5, 0.6) is 11.5 Å². The molecule has 0 bridgehead atoms. The summed E-state index contributed by atoms with van der Waals surface area (Å²) in [6.45, 7) is 7.92. The first-order valence-corrected chi connectivity index (χ1v) is 5.71. The Morgan fingerprint density at radius 3 is 2.56 bits per heavy atom. The van der Waals surface area contributed by atoms with Crippen molar-refractivity contribution in [3.63, 3.8) is 0 Å². The summed E-state index contributed by atoms with van der Waals surface area (Å²) < 4.78 is 11.0. The van der Waals surface area contributed by atoms with E-state index < -0.39 is 0 Å². The van der Waals surface area contributed by atoms with Crippen LogP contribution in [-0.2, 0) is 6.54 Å². The average Bonchev–Trinajstić information content (AvgIpc) is 2.27. The molecule has 1 rings (SSSR count). The third-order valence-electron chi connectivity index (χ3n) is 2.17. The zero-order valence-corrected chi connectivity index (χ0v) is 10.5. The molecule has 0 amide bonds. The van der Waals surface area contributed by atoms with Crippen molar-refractivity contribution in [2.75, 3.05) is 13.7 Å². The highest BCUT2D eigenvalue weighted by Gasteiger charge is 2.06. The van der Waals surface area contributed by atoms with Gasteiger partial charge in [0.2, 0.25) is 0 Å². The van der Waals surface area contributed by atoms with Crippen molar-refractivity contribution >= 4 is 0 Å². The Hall–Kier alpha value is -1.22. The zero-order chi connectivity index (χ0) is 12.0. The number of rotatable bonds is 6. The molecule has 1 N–H and O–H groups in total. The molecule has 1 aromatic carbocycles. The third kappa shape index (κ3) is 3.74. The maximum absolute atomic E-state index is 5.65. The van der Waals surface area contributed by atoms with E-state index in [0.717, 1.165) is 24.6 Å². The molecule has 0 fully saturated rings. The number of ether oxygens (including phenoxy) is 2. The summed E-state index contributed by atoms with van der Waals surface area (Å²) in [6.07, 6.45) is 0.161. The SMILES string of the molecule is CCNCc1ccc(OC(C)C)c(OC)c1. The molecular formula is C13H21NO2. The van der Waals surface area contributed by atoms with Gasteiger partial charge < -0.3 is 14.8 Å². The van der Waals surface area contributed by atoms with Crippen molar-refractivity contribution in [3.8, 4) is 11.5 Å². The van der Waals surface area contributed by atoms with Gasteiger partial charge in [-0.1, -0.05) is 13.0 Å².